The Bertz CT molecular complexity index is 668. The second-order valence-corrected chi connectivity index (χ2v) is 5.38. The zero-order valence-corrected chi connectivity index (χ0v) is 13.2. The van der Waals surface area contributed by atoms with Crippen LogP contribution in [-0.2, 0) is 4.79 Å². The average molecular weight is 318 g/mol. The lowest BCUT2D eigenvalue weighted by Crippen LogP contribution is -2.46. The summed E-state index contributed by atoms with van der Waals surface area (Å²) in [6.07, 6.45) is 2.71. The monoisotopic (exact) mass is 318 g/mol. The molecule has 2 rings (SSSR count). The fourth-order valence-electron chi connectivity index (χ4n) is 2.20. The molecule has 0 spiro atoms. The smallest absolute Gasteiger partial charge is 0.255 e. The molecule has 0 saturated heterocycles. The molecule has 0 bridgehead atoms. The van der Waals surface area contributed by atoms with Gasteiger partial charge in [0.1, 0.15) is 18.1 Å². The van der Waals surface area contributed by atoms with E-state index < -0.39 is 6.04 Å². The lowest BCUT2D eigenvalue weighted by Gasteiger charge is -2.28. The maximum Gasteiger partial charge on any atom is 0.255 e. The van der Waals surface area contributed by atoms with Gasteiger partial charge in [-0.3, -0.25) is 9.59 Å². The first kappa shape index (κ1) is 16.7. The van der Waals surface area contributed by atoms with Crippen molar-refractivity contribution in [3.05, 3.63) is 59.8 Å². The van der Waals surface area contributed by atoms with Gasteiger partial charge in [0.2, 0.25) is 5.91 Å². The summed E-state index contributed by atoms with van der Waals surface area (Å²) in [4.78, 5) is 25.9. The molecule has 5 nitrogen and oxygen atoms in total. The van der Waals surface area contributed by atoms with Crippen LogP contribution >= 0.6 is 0 Å². The minimum absolute atomic E-state index is 0.237. The van der Waals surface area contributed by atoms with Gasteiger partial charge in [-0.05, 0) is 37.6 Å². The van der Waals surface area contributed by atoms with Crippen LogP contribution in [0.25, 0.3) is 0 Å². The van der Waals surface area contributed by atoms with E-state index in [9.17, 15) is 14.0 Å². The van der Waals surface area contributed by atoms with Crippen LogP contribution in [0.1, 0.15) is 35.8 Å². The summed E-state index contributed by atoms with van der Waals surface area (Å²) in [5, 5.41) is 2.63. The van der Waals surface area contributed by atoms with Gasteiger partial charge in [-0.1, -0.05) is 12.1 Å². The third-order valence-corrected chi connectivity index (χ3v) is 3.78. The number of amides is 2. The maximum absolute atomic E-state index is 13.0. The summed E-state index contributed by atoms with van der Waals surface area (Å²) in [5.41, 5.74) is 1.18. The molecule has 1 aromatic heterocycles. The molecule has 0 saturated carbocycles. The van der Waals surface area contributed by atoms with Gasteiger partial charge in [0.05, 0.1) is 17.9 Å². The Kier molecular flexibility index (Phi) is 5.16. The van der Waals surface area contributed by atoms with Crippen molar-refractivity contribution < 1.29 is 18.4 Å². The van der Waals surface area contributed by atoms with Crippen LogP contribution in [0.2, 0.25) is 0 Å². The quantitative estimate of drug-likeness (QED) is 0.922. The van der Waals surface area contributed by atoms with Gasteiger partial charge < -0.3 is 14.6 Å². The first-order valence-corrected chi connectivity index (χ1v) is 7.25. The highest BCUT2D eigenvalue weighted by atomic mass is 19.1. The summed E-state index contributed by atoms with van der Waals surface area (Å²) in [6, 6.07) is 6.58. The Morgan fingerprint density at radius 3 is 2.39 bits per heavy atom. The number of halogens is 1. The molecule has 2 amide bonds. The number of hydrogen-bond acceptors (Lipinski definition) is 3. The third kappa shape index (κ3) is 3.97. The van der Waals surface area contributed by atoms with Crippen molar-refractivity contribution >= 4 is 11.8 Å². The molecule has 0 radical (unpaired) electrons. The maximum atomic E-state index is 13.0. The molecule has 0 aliphatic heterocycles. The predicted octanol–water partition coefficient (Wildman–Crippen LogP) is 2.76. The number of furan rings is 1. The Morgan fingerprint density at radius 2 is 1.83 bits per heavy atom. The second kappa shape index (κ2) is 7.09. The lowest BCUT2D eigenvalue weighted by molar-refractivity contribution is -0.133. The summed E-state index contributed by atoms with van der Waals surface area (Å²) < 4.78 is 17.8. The zero-order valence-electron chi connectivity index (χ0n) is 13.2. The highest BCUT2D eigenvalue weighted by Gasteiger charge is 2.24. The second-order valence-electron chi connectivity index (χ2n) is 5.38. The molecule has 0 unspecified atom stereocenters. The molecule has 1 aromatic carbocycles. The zero-order chi connectivity index (χ0) is 17.0. The van der Waals surface area contributed by atoms with Crippen LogP contribution in [0.3, 0.4) is 0 Å². The van der Waals surface area contributed by atoms with E-state index in [1.165, 1.54) is 35.6 Å². The van der Waals surface area contributed by atoms with E-state index in [-0.39, 0.29) is 23.7 Å². The number of rotatable bonds is 5. The Hall–Kier alpha value is -2.63. The van der Waals surface area contributed by atoms with E-state index in [0.29, 0.717) is 5.56 Å². The fourth-order valence-corrected chi connectivity index (χ4v) is 2.20. The van der Waals surface area contributed by atoms with Crippen LogP contribution in [-0.4, -0.2) is 29.8 Å². The molecule has 1 heterocycles. The van der Waals surface area contributed by atoms with E-state index in [4.69, 9.17) is 4.42 Å². The highest BCUT2D eigenvalue weighted by molar-refractivity contribution is 5.97. The summed E-state index contributed by atoms with van der Waals surface area (Å²) in [6.45, 7) is 3.46. The molecular formula is C17H19FN2O3. The van der Waals surface area contributed by atoms with Crippen molar-refractivity contribution in [3.63, 3.8) is 0 Å². The molecule has 0 aliphatic rings. The fraction of sp³-hybridized carbons (Fsp3) is 0.294. The van der Waals surface area contributed by atoms with Gasteiger partial charge in [-0.15, -0.1) is 0 Å². The van der Waals surface area contributed by atoms with Crippen LogP contribution in [0, 0.1) is 5.82 Å². The van der Waals surface area contributed by atoms with E-state index in [0.717, 1.165) is 5.56 Å². The Labute approximate surface area is 134 Å². The van der Waals surface area contributed by atoms with Gasteiger partial charge in [-0.25, -0.2) is 4.39 Å². The first-order valence-electron chi connectivity index (χ1n) is 7.25. The van der Waals surface area contributed by atoms with Crippen molar-refractivity contribution in [2.24, 2.45) is 0 Å². The van der Waals surface area contributed by atoms with Gasteiger partial charge in [-0.2, -0.15) is 0 Å². The van der Waals surface area contributed by atoms with Crippen LogP contribution in [0.5, 0.6) is 0 Å². The van der Waals surface area contributed by atoms with E-state index in [1.54, 1.807) is 26.1 Å². The SMILES string of the molecule is C[C@H](NC(=O)c1ccoc1)C(=O)N(C)[C@@H](C)c1ccc(F)cc1. The lowest BCUT2D eigenvalue weighted by atomic mass is 10.1. The molecule has 0 fully saturated rings. The Balaban J connectivity index is 2.00. The van der Waals surface area contributed by atoms with Crippen molar-refractivity contribution in [3.8, 4) is 0 Å². The number of likely N-dealkylation sites (N-methyl/N-ethyl adjacent to an activating group) is 1. The van der Waals surface area contributed by atoms with Gasteiger partial charge in [0, 0.05) is 7.05 Å². The molecular weight excluding hydrogens is 299 g/mol. The van der Waals surface area contributed by atoms with E-state index >= 15 is 0 Å². The molecule has 6 heteroatoms. The molecule has 122 valence electrons. The number of carbonyl (C=O) groups excluding carboxylic acids is 2. The highest BCUT2D eigenvalue weighted by Crippen LogP contribution is 2.19. The summed E-state index contributed by atoms with van der Waals surface area (Å²) >= 11 is 0. The normalized spacial score (nSPS) is 13.2. The van der Waals surface area contributed by atoms with Gasteiger partial charge >= 0.3 is 0 Å². The van der Waals surface area contributed by atoms with E-state index in [1.807, 2.05) is 6.92 Å². The van der Waals surface area contributed by atoms with Crippen molar-refractivity contribution in [1.29, 1.82) is 0 Å². The average Bonchev–Trinajstić information content (AvgIpc) is 3.08. The van der Waals surface area contributed by atoms with Crippen molar-refractivity contribution in [2.75, 3.05) is 7.05 Å². The number of carbonyl (C=O) groups is 2. The molecule has 1 N–H and O–H groups in total. The van der Waals surface area contributed by atoms with Crippen LogP contribution < -0.4 is 5.32 Å². The first-order chi connectivity index (χ1) is 10.9. The number of nitrogens with one attached hydrogen (secondary N) is 1. The number of hydrogen-bond donors (Lipinski definition) is 1. The molecule has 0 aliphatic carbocycles. The van der Waals surface area contributed by atoms with Gasteiger partial charge in [0.15, 0.2) is 0 Å². The molecule has 23 heavy (non-hydrogen) atoms. The standard InChI is InChI=1S/C17H19FN2O3/c1-11(19-16(21)14-8-9-23-10-14)17(22)20(3)12(2)13-4-6-15(18)7-5-13/h4-12H,1-3H3,(H,19,21)/t11-,12-/m0/s1. The largest absolute Gasteiger partial charge is 0.472 e. The summed E-state index contributed by atoms with van der Waals surface area (Å²) in [7, 11) is 1.65. The summed E-state index contributed by atoms with van der Waals surface area (Å²) in [5.74, 6) is -0.934. The minimum Gasteiger partial charge on any atom is -0.472 e. The van der Waals surface area contributed by atoms with Crippen LogP contribution in [0.4, 0.5) is 4.39 Å². The van der Waals surface area contributed by atoms with E-state index in [2.05, 4.69) is 5.32 Å². The van der Waals surface area contributed by atoms with Gasteiger partial charge in [0.25, 0.3) is 5.91 Å². The van der Waals surface area contributed by atoms with Crippen molar-refractivity contribution in [2.45, 2.75) is 25.9 Å². The number of nitrogens with zero attached hydrogens (tertiary/aromatic N) is 1. The predicted molar refractivity (Wildman–Crippen MR) is 83.2 cm³/mol. The Morgan fingerprint density at radius 1 is 1.17 bits per heavy atom. The topological polar surface area (TPSA) is 62.6 Å². The number of benzene rings is 1. The molecule has 2 aromatic rings. The van der Waals surface area contributed by atoms with Crippen LogP contribution in [0.15, 0.2) is 47.3 Å². The minimum atomic E-state index is -0.690. The third-order valence-electron chi connectivity index (χ3n) is 3.78. The molecule has 2 atom stereocenters. The van der Waals surface area contributed by atoms with Crippen molar-refractivity contribution in [1.82, 2.24) is 10.2 Å².